The molecule has 30 heavy (non-hydrogen) atoms. The lowest BCUT2D eigenvalue weighted by atomic mass is 10.2. The smallest absolute Gasteiger partial charge is 0.293 e. The van der Waals surface area contributed by atoms with Crippen LogP contribution in [0.15, 0.2) is 52.0 Å². The van der Waals surface area contributed by atoms with Gasteiger partial charge in [-0.05, 0) is 54.6 Å². The first kappa shape index (κ1) is 21.7. The molecule has 0 radical (unpaired) electrons. The molecule has 1 aromatic heterocycles. The Balaban J connectivity index is 1.50. The summed E-state index contributed by atoms with van der Waals surface area (Å²) in [6.07, 6.45) is 2.98. The van der Waals surface area contributed by atoms with Crippen molar-refractivity contribution in [2.24, 2.45) is 0 Å². The number of hydrogen-bond acceptors (Lipinski definition) is 6. The quantitative estimate of drug-likeness (QED) is 0.632. The first-order chi connectivity index (χ1) is 14.3. The number of nitrogens with one attached hydrogen (secondary N) is 2. The molecule has 1 aromatic carbocycles. The number of hydrogen-bond donors (Lipinski definition) is 2. The Kier molecular flexibility index (Phi) is 6.96. The normalized spacial score (nSPS) is 16.1. The summed E-state index contributed by atoms with van der Waals surface area (Å²) in [5, 5.41) is 5.27. The van der Waals surface area contributed by atoms with Crippen molar-refractivity contribution in [2.45, 2.75) is 13.0 Å². The molecule has 0 saturated carbocycles. The number of furan rings is 1. The fraction of sp³-hybridized carbons (Fsp3) is 0.200. The summed E-state index contributed by atoms with van der Waals surface area (Å²) in [7, 11) is 0. The Morgan fingerprint density at radius 1 is 1.23 bits per heavy atom. The Hall–Kier alpha value is -3.04. The highest BCUT2D eigenvalue weighted by Crippen LogP contribution is 2.32. The van der Waals surface area contributed by atoms with Crippen molar-refractivity contribution in [3.05, 3.63) is 63.9 Å². The molecule has 4 amide bonds. The van der Waals surface area contributed by atoms with Crippen LogP contribution < -0.4 is 10.6 Å². The summed E-state index contributed by atoms with van der Waals surface area (Å²) < 4.78 is 4.97. The Morgan fingerprint density at radius 3 is 2.63 bits per heavy atom. The minimum Gasteiger partial charge on any atom is -0.459 e. The molecule has 1 atom stereocenters. The van der Waals surface area contributed by atoms with E-state index in [1.54, 1.807) is 36.4 Å². The van der Waals surface area contributed by atoms with E-state index in [1.165, 1.54) is 19.3 Å². The highest BCUT2D eigenvalue weighted by molar-refractivity contribution is 8.18. The molecule has 1 saturated heterocycles. The van der Waals surface area contributed by atoms with Crippen LogP contribution in [0.1, 0.15) is 23.0 Å². The first-order valence-electron chi connectivity index (χ1n) is 8.98. The number of nitrogens with zero attached hydrogens (tertiary/aromatic N) is 1. The summed E-state index contributed by atoms with van der Waals surface area (Å²) in [6.45, 7) is 1.60. The molecule has 2 heterocycles. The van der Waals surface area contributed by atoms with E-state index in [-0.39, 0.29) is 18.8 Å². The predicted octanol–water partition coefficient (Wildman–Crippen LogP) is 2.90. The molecule has 1 unspecified atom stereocenters. The van der Waals surface area contributed by atoms with Gasteiger partial charge in [0.05, 0.1) is 11.2 Å². The van der Waals surface area contributed by atoms with Crippen LogP contribution in [0.4, 0.5) is 4.79 Å². The zero-order valence-corrected chi connectivity index (χ0v) is 17.5. The Morgan fingerprint density at radius 2 is 1.97 bits per heavy atom. The van der Waals surface area contributed by atoms with Gasteiger partial charge in [0, 0.05) is 18.1 Å². The van der Waals surface area contributed by atoms with Gasteiger partial charge in [0.25, 0.3) is 17.1 Å². The summed E-state index contributed by atoms with van der Waals surface area (Å²) in [4.78, 5) is 50.0. The highest BCUT2D eigenvalue weighted by Gasteiger charge is 2.34. The average Bonchev–Trinajstić information content (AvgIpc) is 3.34. The van der Waals surface area contributed by atoms with Crippen molar-refractivity contribution < 1.29 is 23.6 Å². The number of rotatable bonds is 7. The van der Waals surface area contributed by atoms with Crippen molar-refractivity contribution >= 4 is 52.4 Å². The second kappa shape index (κ2) is 9.64. The van der Waals surface area contributed by atoms with Crippen molar-refractivity contribution in [1.29, 1.82) is 0 Å². The predicted molar refractivity (Wildman–Crippen MR) is 113 cm³/mol. The van der Waals surface area contributed by atoms with Crippen LogP contribution in [0.3, 0.4) is 0 Å². The molecular formula is C20H18ClN3O5S. The first-order valence-corrected chi connectivity index (χ1v) is 10.2. The van der Waals surface area contributed by atoms with Gasteiger partial charge in [-0.2, -0.15) is 0 Å². The van der Waals surface area contributed by atoms with E-state index < -0.39 is 29.0 Å². The number of amides is 4. The van der Waals surface area contributed by atoms with Crippen LogP contribution >= 0.6 is 23.4 Å². The lowest BCUT2D eigenvalue weighted by molar-refractivity contribution is -0.124. The molecular weight excluding hydrogens is 430 g/mol. The van der Waals surface area contributed by atoms with E-state index in [0.717, 1.165) is 22.2 Å². The maximum Gasteiger partial charge on any atom is 0.293 e. The standard InChI is InChI=1S/C20H18ClN3O5S/c1-12(23-18(26)15-3-2-10-29-15)17(25)22-8-9-24-19(27)16(30-20(24)28)11-13-4-6-14(21)7-5-13/h2-7,10-12H,8-9H2,1H3,(H,22,25)(H,23,26)/b16-11+. The third kappa shape index (κ3) is 5.31. The lowest BCUT2D eigenvalue weighted by Gasteiger charge is -2.16. The zero-order valence-electron chi connectivity index (χ0n) is 15.9. The number of carbonyl (C=O) groups excluding carboxylic acids is 4. The van der Waals surface area contributed by atoms with Gasteiger partial charge in [0.1, 0.15) is 6.04 Å². The third-order valence-corrected chi connectivity index (χ3v) is 5.32. The van der Waals surface area contributed by atoms with Crippen LogP contribution in [0, 0.1) is 0 Å². The SMILES string of the molecule is CC(NC(=O)c1ccco1)C(=O)NCCN1C(=O)S/C(=C/c2ccc(Cl)cc2)C1=O. The van der Waals surface area contributed by atoms with Gasteiger partial charge in [-0.3, -0.25) is 24.1 Å². The van der Waals surface area contributed by atoms with Crippen molar-refractivity contribution in [3.63, 3.8) is 0 Å². The maximum absolute atomic E-state index is 12.5. The largest absolute Gasteiger partial charge is 0.459 e. The molecule has 156 valence electrons. The van der Waals surface area contributed by atoms with Gasteiger partial charge in [-0.25, -0.2) is 0 Å². The third-order valence-electron chi connectivity index (χ3n) is 4.16. The molecule has 1 fully saturated rings. The van der Waals surface area contributed by atoms with Crippen LogP contribution in [0.25, 0.3) is 6.08 Å². The molecule has 0 bridgehead atoms. The zero-order chi connectivity index (χ0) is 21.7. The van der Waals surface area contributed by atoms with Crippen LogP contribution in [0.2, 0.25) is 5.02 Å². The van der Waals surface area contributed by atoms with E-state index in [4.69, 9.17) is 16.0 Å². The molecule has 0 aliphatic carbocycles. The highest BCUT2D eigenvalue weighted by atomic mass is 35.5. The second-order valence-corrected chi connectivity index (χ2v) is 7.78. The number of imide groups is 1. The van der Waals surface area contributed by atoms with Crippen LogP contribution in [0.5, 0.6) is 0 Å². The van der Waals surface area contributed by atoms with Gasteiger partial charge >= 0.3 is 0 Å². The van der Waals surface area contributed by atoms with Gasteiger partial charge in [-0.15, -0.1) is 0 Å². The molecule has 2 N–H and O–H groups in total. The van der Waals surface area contributed by atoms with E-state index in [0.29, 0.717) is 9.93 Å². The van der Waals surface area contributed by atoms with E-state index in [9.17, 15) is 19.2 Å². The van der Waals surface area contributed by atoms with E-state index in [2.05, 4.69) is 10.6 Å². The Labute approximate surface area is 181 Å². The molecule has 1 aliphatic heterocycles. The number of halogens is 1. The number of benzene rings is 1. The lowest BCUT2D eigenvalue weighted by Crippen LogP contribution is -2.46. The fourth-order valence-electron chi connectivity index (χ4n) is 2.59. The molecule has 2 aromatic rings. The summed E-state index contributed by atoms with van der Waals surface area (Å²) in [5.74, 6) is -1.28. The van der Waals surface area contributed by atoms with Gasteiger partial charge < -0.3 is 15.1 Å². The van der Waals surface area contributed by atoms with E-state index in [1.807, 2.05) is 0 Å². The minimum absolute atomic E-state index is 0.0210. The van der Waals surface area contributed by atoms with Crippen LogP contribution in [-0.4, -0.2) is 47.0 Å². The Bertz CT molecular complexity index is 988. The van der Waals surface area contributed by atoms with Gasteiger partial charge in [0.15, 0.2) is 5.76 Å². The molecule has 1 aliphatic rings. The molecule has 3 rings (SSSR count). The van der Waals surface area contributed by atoms with Crippen molar-refractivity contribution in [2.75, 3.05) is 13.1 Å². The average molecular weight is 448 g/mol. The second-order valence-electron chi connectivity index (χ2n) is 6.35. The van der Waals surface area contributed by atoms with Gasteiger partial charge in [0.2, 0.25) is 5.91 Å². The summed E-state index contributed by atoms with van der Waals surface area (Å²) >= 11 is 6.68. The topological polar surface area (TPSA) is 109 Å². The number of carbonyl (C=O) groups is 4. The summed E-state index contributed by atoms with van der Waals surface area (Å²) in [5.41, 5.74) is 0.749. The number of thioether (sulfide) groups is 1. The summed E-state index contributed by atoms with van der Waals surface area (Å²) in [6, 6.07) is 9.11. The molecule has 10 heteroatoms. The van der Waals surface area contributed by atoms with Gasteiger partial charge in [-0.1, -0.05) is 23.7 Å². The van der Waals surface area contributed by atoms with E-state index >= 15 is 0 Å². The fourth-order valence-corrected chi connectivity index (χ4v) is 3.58. The van der Waals surface area contributed by atoms with Crippen molar-refractivity contribution in [3.8, 4) is 0 Å². The van der Waals surface area contributed by atoms with Crippen LogP contribution in [-0.2, 0) is 9.59 Å². The maximum atomic E-state index is 12.5. The monoisotopic (exact) mass is 447 g/mol. The minimum atomic E-state index is -0.817. The molecule has 0 spiro atoms. The van der Waals surface area contributed by atoms with Crippen molar-refractivity contribution in [1.82, 2.24) is 15.5 Å². The molecule has 8 nitrogen and oxygen atoms in total.